The minimum Gasteiger partial charge on any atom is -0.280 e. The Morgan fingerprint density at radius 2 is 2.33 bits per heavy atom. The lowest BCUT2D eigenvalue weighted by Crippen LogP contribution is -2.05. The van der Waals surface area contributed by atoms with Gasteiger partial charge in [-0.15, -0.1) is 0 Å². The van der Waals surface area contributed by atoms with Gasteiger partial charge in [0.1, 0.15) is 0 Å². The Morgan fingerprint density at radius 3 is 2.67 bits per heavy atom. The van der Waals surface area contributed by atoms with Crippen LogP contribution in [-0.2, 0) is 4.79 Å². The molecule has 0 N–H and O–H groups in total. The number of hydrogen-bond donors (Lipinski definition) is 0. The first-order valence-corrected chi connectivity index (χ1v) is 4.31. The molecule has 0 aliphatic heterocycles. The lowest BCUT2D eigenvalue weighted by Gasteiger charge is -2.00. The smallest absolute Gasteiger partial charge is 0.235 e. The predicted molar refractivity (Wildman–Crippen MR) is 43.1 cm³/mol. The molecule has 0 fully saturated rings. The SMILES string of the molecule is CCCC[C@@H](Br)C(=O)Cl. The molecular weight excluding hydrogens is 203 g/mol. The Morgan fingerprint density at radius 1 is 1.78 bits per heavy atom. The minimum atomic E-state index is -0.288. The van der Waals surface area contributed by atoms with Crippen molar-refractivity contribution in [3.05, 3.63) is 0 Å². The van der Waals surface area contributed by atoms with Crippen molar-refractivity contribution in [2.45, 2.75) is 31.0 Å². The fourth-order valence-corrected chi connectivity index (χ4v) is 0.930. The Labute approximate surface area is 68.9 Å². The Balaban J connectivity index is 3.27. The quantitative estimate of drug-likeness (QED) is 0.518. The molecule has 0 aromatic carbocycles. The van der Waals surface area contributed by atoms with Crippen LogP contribution in [0.4, 0.5) is 0 Å². The average Bonchev–Trinajstić information content (AvgIpc) is 1.82. The molecule has 1 atom stereocenters. The number of unbranched alkanes of at least 4 members (excludes halogenated alkanes) is 1. The summed E-state index contributed by atoms with van der Waals surface area (Å²) in [6.45, 7) is 2.08. The van der Waals surface area contributed by atoms with Crippen LogP contribution in [0.3, 0.4) is 0 Å². The Kier molecular flexibility index (Phi) is 5.50. The molecule has 0 saturated carbocycles. The molecule has 3 heteroatoms. The third-order valence-electron chi connectivity index (χ3n) is 1.06. The first-order chi connectivity index (χ1) is 4.18. The normalized spacial score (nSPS) is 13.2. The number of halogens is 2. The molecule has 0 aliphatic carbocycles. The van der Waals surface area contributed by atoms with Gasteiger partial charge >= 0.3 is 0 Å². The first kappa shape index (κ1) is 9.44. The molecule has 0 amide bonds. The molecule has 0 radical (unpaired) electrons. The van der Waals surface area contributed by atoms with Gasteiger partial charge in [0.05, 0.1) is 4.83 Å². The van der Waals surface area contributed by atoms with Crippen molar-refractivity contribution in [2.24, 2.45) is 0 Å². The standard InChI is InChI=1S/C6H10BrClO/c1-2-3-4-5(7)6(8)9/h5H,2-4H2,1H3/t5-/m1/s1. The number of carbonyl (C=O) groups is 1. The van der Waals surface area contributed by atoms with Crippen LogP contribution in [0.5, 0.6) is 0 Å². The van der Waals surface area contributed by atoms with Gasteiger partial charge in [0, 0.05) is 0 Å². The van der Waals surface area contributed by atoms with Gasteiger partial charge in [0.15, 0.2) is 0 Å². The molecular formula is C6H10BrClO. The van der Waals surface area contributed by atoms with Gasteiger partial charge < -0.3 is 0 Å². The predicted octanol–water partition coefficient (Wildman–Crippen LogP) is 2.71. The van der Waals surface area contributed by atoms with E-state index in [1.165, 1.54) is 0 Å². The molecule has 0 aliphatic rings. The summed E-state index contributed by atoms with van der Waals surface area (Å²) in [5, 5.41) is -0.288. The third kappa shape index (κ3) is 4.91. The summed E-state index contributed by atoms with van der Waals surface area (Å²) >= 11 is 8.34. The molecule has 0 rings (SSSR count). The molecule has 0 unspecified atom stereocenters. The maximum absolute atomic E-state index is 10.4. The number of alkyl halides is 1. The lowest BCUT2D eigenvalue weighted by molar-refractivity contribution is -0.111. The van der Waals surface area contributed by atoms with Gasteiger partial charge in [-0.3, -0.25) is 4.79 Å². The van der Waals surface area contributed by atoms with Crippen LogP contribution >= 0.6 is 27.5 Å². The second-order valence-electron chi connectivity index (χ2n) is 1.91. The lowest BCUT2D eigenvalue weighted by atomic mass is 10.2. The van der Waals surface area contributed by atoms with Crippen molar-refractivity contribution in [1.82, 2.24) is 0 Å². The second kappa shape index (κ2) is 5.24. The summed E-state index contributed by atoms with van der Waals surface area (Å²) in [7, 11) is 0. The highest BCUT2D eigenvalue weighted by Gasteiger charge is 2.09. The van der Waals surface area contributed by atoms with Crippen LogP contribution < -0.4 is 0 Å². The van der Waals surface area contributed by atoms with Gasteiger partial charge in [0.2, 0.25) is 5.24 Å². The van der Waals surface area contributed by atoms with Gasteiger partial charge in [-0.25, -0.2) is 0 Å². The summed E-state index contributed by atoms with van der Waals surface area (Å²) in [5.74, 6) is 0. The summed E-state index contributed by atoms with van der Waals surface area (Å²) in [6, 6.07) is 0. The van der Waals surface area contributed by atoms with E-state index in [1.807, 2.05) is 0 Å². The second-order valence-corrected chi connectivity index (χ2v) is 3.39. The minimum absolute atomic E-state index is 0.140. The Bertz CT molecular complexity index is 95.1. The average molecular weight is 214 g/mol. The first-order valence-electron chi connectivity index (χ1n) is 3.02. The van der Waals surface area contributed by atoms with Crippen molar-refractivity contribution in [3.63, 3.8) is 0 Å². The largest absolute Gasteiger partial charge is 0.280 e. The highest BCUT2D eigenvalue weighted by atomic mass is 79.9. The molecule has 0 saturated heterocycles. The molecule has 0 aromatic rings. The maximum Gasteiger partial charge on any atom is 0.235 e. The summed E-state index contributed by atoms with van der Waals surface area (Å²) in [4.78, 5) is 10.2. The van der Waals surface area contributed by atoms with E-state index in [0.717, 1.165) is 19.3 Å². The van der Waals surface area contributed by atoms with Gasteiger partial charge in [-0.1, -0.05) is 35.7 Å². The van der Waals surface area contributed by atoms with Crippen LogP contribution in [0.1, 0.15) is 26.2 Å². The van der Waals surface area contributed by atoms with E-state index >= 15 is 0 Å². The van der Waals surface area contributed by atoms with Crippen molar-refractivity contribution in [3.8, 4) is 0 Å². The van der Waals surface area contributed by atoms with E-state index in [2.05, 4.69) is 22.9 Å². The van der Waals surface area contributed by atoms with Crippen molar-refractivity contribution < 1.29 is 4.79 Å². The summed E-state index contributed by atoms with van der Waals surface area (Å²) in [5.41, 5.74) is 0. The van der Waals surface area contributed by atoms with E-state index in [0.29, 0.717) is 0 Å². The topological polar surface area (TPSA) is 17.1 Å². The van der Waals surface area contributed by atoms with Crippen molar-refractivity contribution >= 4 is 32.8 Å². The molecule has 0 heterocycles. The van der Waals surface area contributed by atoms with Crippen molar-refractivity contribution in [1.29, 1.82) is 0 Å². The van der Waals surface area contributed by atoms with E-state index < -0.39 is 0 Å². The fourth-order valence-electron chi connectivity index (χ4n) is 0.497. The highest BCUT2D eigenvalue weighted by molar-refractivity contribution is 9.10. The molecule has 0 spiro atoms. The van der Waals surface area contributed by atoms with Crippen LogP contribution in [0.25, 0.3) is 0 Å². The maximum atomic E-state index is 10.4. The highest BCUT2D eigenvalue weighted by Crippen LogP contribution is 2.12. The Hall–Kier alpha value is 0.440. The molecule has 54 valence electrons. The zero-order valence-electron chi connectivity index (χ0n) is 5.36. The fraction of sp³-hybridized carbons (Fsp3) is 0.833. The summed E-state index contributed by atoms with van der Waals surface area (Å²) < 4.78 is 0. The van der Waals surface area contributed by atoms with Crippen LogP contribution in [0.2, 0.25) is 0 Å². The van der Waals surface area contributed by atoms with Gasteiger partial charge in [-0.2, -0.15) is 0 Å². The molecule has 0 bridgehead atoms. The van der Waals surface area contributed by atoms with E-state index in [-0.39, 0.29) is 10.1 Å². The van der Waals surface area contributed by atoms with E-state index in [4.69, 9.17) is 11.6 Å². The number of hydrogen-bond acceptors (Lipinski definition) is 1. The van der Waals surface area contributed by atoms with Crippen LogP contribution in [0.15, 0.2) is 0 Å². The number of carbonyl (C=O) groups excluding carboxylic acids is 1. The molecule has 9 heavy (non-hydrogen) atoms. The number of rotatable bonds is 4. The van der Waals surface area contributed by atoms with Crippen LogP contribution in [-0.4, -0.2) is 10.1 Å². The molecule has 0 aromatic heterocycles. The van der Waals surface area contributed by atoms with Crippen molar-refractivity contribution in [2.75, 3.05) is 0 Å². The third-order valence-corrected chi connectivity index (χ3v) is 2.46. The zero-order chi connectivity index (χ0) is 7.28. The van der Waals surface area contributed by atoms with Gasteiger partial charge in [0.25, 0.3) is 0 Å². The van der Waals surface area contributed by atoms with E-state index in [9.17, 15) is 4.79 Å². The summed E-state index contributed by atoms with van der Waals surface area (Å²) in [6.07, 6.45) is 3.00. The van der Waals surface area contributed by atoms with Gasteiger partial charge in [-0.05, 0) is 18.0 Å². The van der Waals surface area contributed by atoms with Crippen LogP contribution in [0, 0.1) is 0 Å². The zero-order valence-corrected chi connectivity index (χ0v) is 7.70. The van der Waals surface area contributed by atoms with E-state index in [1.54, 1.807) is 0 Å². The molecule has 1 nitrogen and oxygen atoms in total. The monoisotopic (exact) mass is 212 g/mol.